The number of halogens is 2. The largest absolute Gasteiger partial charge is 0.271 e. The van der Waals surface area contributed by atoms with Gasteiger partial charge in [-0.3, -0.25) is 11.3 Å². The fraction of sp³-hybridized carbons (Fsp3) is 0.538. The molecule has 0 fully saturated rings. The van der Waals surface area contributed by atoms with Crippen molar-refractivity contribution in [1.82, 2.24) is 5.43 Å². The average molecular weight is 303 g/mol. The van der Waals surface area contributed by atoms with E-state index >= 15 is 0 Å². The third-order valence-corrected chi connectivity index (χ3v) is 3.88. The molecule has 1 rings (SSSR count). The first-order valence-electron chi connectivity index (χ1n) is 6.03. The second-order valence-electron chi connectivity index (χ2n) is 4.31. The minimum absolute atomic E-state index is 0.0804. The van der Waals surface area contributed by atoms with Crippen molar-refractivity contribution in [3.63, 3.8) is 0 Å². The maximum absolute atomic E-state index is 13.2. The predicted molar refractivity (Wildman–Crippen MR) is 72.9 cm³/mol. The highest BCUT2D eigenvalue weighted by molar-refractivity contribution is 9.10. The van der Waals surface area contributed by atoms with E-state index in [1.807, 2.05) is 0 Å². The molecule has 0 spiro atoms. The molecule has 0 heterocycles. The molecule has 1 aromatic carbocycles. The summed E-state index contributed by atoms with van der Waals surface area (Å²) in [6.07, 6.45) is 3.25. The smallest absolute Gasteiger partial charge is 0.137 e. The van der Waals surface area contributed by atoms with Gasteiger partial charge in [-0.1, -0.05) is 32.8 Å². The van der Waals surface area contributed by atoms with Gasteiger partial charge in [-0.2, -0.15) is 0 Å². The van der Waals surface area contributed by atoms with Crippen molar-refractivity contribution in [1.29, 1.82) is 0 Å². The maximum Gasteiger partial charge on any atom is 0.137 e. The number of nitrogens with one attached hydrogen (secondary N) is 1. The molecule has 1 unspecified atom stereocenters. The van der Waals surface area contributed by atoms with Crippen molar-refractivity contribution < 1.29 is 4.39 Å². The van der Waals surface area contributed by atoms with Crippen molar-refractivity contribution in [2.45, 2.75) is 39.2 Å². The number of rotatable bonds is 6. The lowest BCUT2D eigenvalue weighted by Crippen LogP contribution is -2.29. The Bertz CT molecular complexity index is 353. The molecule has 0 radical (unpaired) electrons. The van der Waals surface area contributed by atoms with Crippen LogP contribution in [0.25, 0.3) is 0 Å². The summed E-state index contributed by atoms with van der Waals surface area (Å²) >= 11 is 3.20. The van der Waals surface area contributed by atoms with Crippen LogP contribution in [-0.4, -0.2) is 0 Å². The Morgan fingerprint density at radius 3 is 2.47 bits per heavy atom. The second-order valence-corrected chi connectivity index (χ2v) is 5.17. The van der Waals surface area contributed by atoms with E-state index in [0.29, 0.717) is 10.4 Å². The summed E-state index contributed by atoms with van der Waals surface area (Å²) in [5, 5.41) is 0. The summed E-state index contributed by atoms with van der Waals surface area (Å²) in [5.74, 6) is 5.99. The van der Waals surface area contributed by atoms with Crippen LogP contribution in [0.15, 0.2) is 22.7 Å². The summed E-state index contributed by atoms with van der Waals surface area (Å²) in [6.45, 7) is 4.37. The van der Waals surface area contributed by atoms with Gasteiger partial charge >= 0.3 is 0 Å². The Balaban J connectivity index is 2.82. The molecular weight excluding hydrogens is 283 g/mol. The zero-order valence-electron chi connectivity index (χ0n) is 10.3. The molecule has 4 heteroatoms. The third-order valence-electron chi connectivity index (χ3n) is 3.27. The Morgan fingerprint density at radius 1 is 1.35 bits per heavy atom. The lowest BCUT2D eigenvalue weighted by atomic mass is 9.91. The van der Waals surface area contributed by atoms with Crippen molar-refractivity contribution in [3.8, 4) is 0 Å². The van der Waals surface area contributed by atoms with Crippen LogP contribution in [0.4, 0.5) is 4.39 Å². The molecule has 0 amide bonds. The highest BCUT2D eigenvalue weighted by Crippen LogP contribution is 2.27. The Kier molecular flexibility index (Phi) is 6.09. The van der Waals surface area contributed by atoms with Crippen LogP contribution in [0.1, 0.15) is 44.7 Å². The van der Waals surface area contributed by atoms with E-state index in [9.17, 15) is 4.39 Å². The fourth-order valence-corrected chi connectivity index (χ4v) is 2.38. The fourth-order valence-electron chi connectivity index (χ4n) is 1.98. The molecule has 1 aromatic rings. The molecule has 0 aliphatic rings. The van der Waals surface area contributed by atoms with E-state index in [2.05, 4.69) is 35.2 Å². The zero-order valence-corrected chi connectivity index (χ0v) is 11.9. The zero-order chi connectivity index (χ0) is 12.8. The van der Waals surface area contributed by atoms with E-state index in [1.54, 1.807) is 12.1 Å². The Hall–Kier alpha value is -0.450. The van der Waals surface area contributed by atoms with Crippen molar-refractivity contribution in [2.24, 2.45) is 11.8 Å². The highest BCUT2D eigenvalue weighted by atomic mass is 79.9. The molecule has 96 valence electrons. The van der Waals surface area contributed by atoms with Crippen LogP contribution in [0.5, 0.6) is 0 Å². The van der Waals surface area contributed by atoms with E-state index < -0.39 is 0 Å². The van der Waals surface area contributed by atoms with Gasteiger partial charge in [-0.05, 0) is 46.0 Å². The summed E-state index contributed by atoms with van der Waals surface area (Å²) in [7, 11) is 0. The lowest BCUT2D eigenvalue weighted by Gasteiger charge is -2.21. The Morgan fingerprint density at radius 2 is 2.00 bits per heavy atom. The van der Waals surface area contributed by atoms with Gasteiger partial charge in [0.1, 0.15) is 5.82 Å². The Labute approximate surface area is 111 Å². The summed E-state index contributed by atoms with van der Waals surface area (Å²) < 4.78 is 13.6. The summed E-state index contributed by atoms with van der Waals surface area (Å²) in [4.78, 5) is 0. The first-order chi connectivity index (χ1) is 8.12. The molecule has 1 atom stereocenters. The average Bonchev–Trinajstić information content (AvgIpc) is 2.35. The number of hydrogen-bond acceptors (Lipinski definition) is 2. The van der Waals surface area contributed by atoms with E-state index in [-0.39, 0.29) is 11.9 Å². The lowest BCUT2D eigenvalue weighted by molar-refractivity contribution is 0.374. The van der Waals surface area contributed by atoms with Crippen LogP contribution >= 0.6 is 15.9 Å². The quantitative estimate of drug-likeness (QED) is 0.617. The first-order valence-corrected chi connectivity index (χ1v) is 6.82. The molecule has 2 nitrogen and oxygen atoms in total. The molecule has 0 aromatic heterocycles. The number of hydrazine groups is 1. The summed E-state index contributed by atoms with van der Waals surface area (Å²) in [6, 6.07) is 5.13. The maximum atomic E-state index is 13.2. The van der Waals surface area contributed by atoms with Gasteiger partial charge in [-0.25, -0.2) is 4.39 Å². The van der Waals surface area contributed by atoms with E-state index in [1.165, 1.54) is 6.07 Å². The minimum Gasteiger partial charge on any atom is -0.271 e. The molecule has 0 saturated heterocycles. The minimum atomic E-state index is -0.243. The highest BCUT2D eigenvalue weighted by Gasteiger charge is 2.15. The van der Waals surface area contributed by atoms with Crippen LogP contribution in [-0.2, 0) is 0 Å². The summed E-state index contributed by atoms with van der Waals surface area (Å²) in [5.41, 5.74) is 3.84. The number of nitrogens with two attached hydrogens (primary N) is 1. The SMILES string of the molecule is CCC(CC)CC(NN)c1ccc(F)c(Br)c1. The molecule has 0 bridgehead atoms. The van der Waals surface area contributed by atoms with Crippen molar-refractivity contribution in [3.05, 3.63) is 34.1 Å². The molecule has 3 N–H and O–H groups in total. The monoisotopic (exact) mass is 302 g/mol. The normalized spacial score (nSPS) is 13.1. The van der Waals surface area contributed by atoms with Crippen molar-refractivity contribution >= 4 is 15.9 Å². The van der Waals surface area contributed by atoms with E-state index in [4.69, 9.17) is 5.84 Å². The van der Waals surface area contributed by atoms with E-state index in [0.717, 1.165) is 24.8 Å². The third kappa shape index (κ3) is 4.05. The van der Waals surface area contributed by atoms with Gasteiger partial charge in [0.15, 0.2) is 0 Å². The van der Waals surface area contributed by atoms with Crippen LogP contribution < -0.4 is 11.3 Å². The van der Waals surface area contributed by atoms with Crippen LogP contribution in [0.2, 0.25) is 0 Å². The standard InChI is InChI=1S/C13H20BrFN2/c1-3-9(4-2)7-13(17-16)10-5-6-12(15)11(14)8-10/h5-6,8-9,13,17H,3-4,7,16H2,1-2H3. The van der Waals surface area contributed by atoms with Gasteiger partial charge in [0, 0.05) is 6.04 Å². The van der Waals surface area contributed by atoms with Crippen LogP contribution in [0, 0.1) is 11.7 Å². The first kappa shape index (κ1) is 14.6. The van der Waals surface area contributed by atoms with Gasteiger partial charge in [0.2, 0.25) is 0 Å². The molecule has 0 saturated carbocycles. The van der Waals surface area contributed by atoms with Crippen LogP contribution in [0.3, 0.4) is 0 Å². The molecule has 0 aliphatic carbocycles. The van der Waals surface area contributed by atoms with Gasteiger partial charge in [0.05, 0.1) is 4.47 Å². The number of benzene rings is 1. The second kappa shape index (κ2) is 7.09. The number of hydrogen-bond donors (Lipinski definition) is 2. The molecular formula is C13H20BrFN2. The molecule has 0 aliphatic heterocycles. The van der Waals surface area contributed by atoms with Gasteiger partial charge in [0.25, 0.3) is 0 Å². The predicted octanol–water partition coefficient (Wildman–Crippen LogP) is 3.92. The molecule has 17 heavy (non-hydrogen) atoms. The topological polar surface area (TPSA) is 38.0 Å². The van der Waals surface area contributed by atoms with Crippen molar-refractivity contribution in [2.75, 3.05) is 0 Å². The van der Waals surface area contributed by atoms with Gasteiger partial charge < -0.3 is 0 Å². The van der Waals surface area contributed by atoms with Gasteiger partial charge in [-0.15, -0.1) is 0 Å².